The van der Waals surface area contributed by atoms with E-state index in [2.05, 4.69) is 20.4 Å². The van der Waals surface area contributed by atoms with Gasteiger partial charge in [-0.15, -0.1) is 0 Å². The highest BCUT2D eigenvalue weighted by molar-refractivity contribution is 5.62. The van der Waals surface area contributed by atoms with Crippen molar-refractivity contribution < 1.29 is 0 Å². The molecule has 2 aromatic rings. The van der Waals surface area contributed by atoms with E-state index >= 15 is 0 Å². The summed E-state index contributed by atoms with van der Waals surface area (Å²) < 4.78 is 1.50. The van der Waals surface area contributed by atoms with Gasteiger partial charge in [-0.05, 0) is 13.0 Å². The van der Waals surface area contributed by atoms with Crippen LogP contribution < -0.4 is 11.1 Å². The van der Waals surface area contributed by atoms with Gasteiger partial charge in [0.2, 0.25) is 0 Å². The average Bonchev–Trinajstić information content (AvgIpc) is 2.63. The van der Waals surface area contributed by atoms with E-state index in [1.54, 1.807) is 24.7 Å². The Hall–Kier alpha value is -2.11. The zero-order valence-corrected chi connectivity index (χ0v) is 8.38. The summed E-state index contributed by atoms with van der Waals surface area (Å²) in [6.07, 6.45) is 4.96. The summed E-state index contributed by atoms with van der Waals surface area (Å²) in [5.41, 5.74) is 6.68. The van der Waals surface area contributed by atoms with Crippen LogP contribution in [-0.2, 0) is 0 Å². The monoisotopic (exact) mass is 204 g/mol. The Labute approximate surface area is 87.2 Å². The fraction of sp³-hybridized carbons (Fsp3) is 0.222. The van der Waals surface area contributed by atoms with Crippen LogP contribution in [0.25, 0.3) is 5.95 Å². The first-order valence-electron chi connectivity index (χ1n) is 4.67. The number of anilines is 2. The van der Waals surface area contributed by atoms with E-state index in [0.29, 0.717) is 11.8 Å². The number of hydrogen-bond donors (Lipinski definition) is 2. The predicted molar refractivity (Wildman–Crippen MR) is 57.7 cm³/mol. The van der Waals surface area contributed by atoms with Crippen LogP contribution >= 0.6 is 0 Å². The first-order chi connectivity index (χ1) is 7.33. The Morgan fingerprint density at radius 1 is 1.40 bits per heavy atom. The molecule has 0 radical (unpaired) electrons. The normalized spacial score (nSPS) is 10.2. The van der Waals surface area contributed by atoms with Crippen molar-refractivity contribution in [2.24, 2.45) is 0 Å². The van der Waals surface area contributed by atoms with Gasteiger partial charge in [-0.1, -0.05) is 0 Å². The molecule has 3 N–H and O–H groups in total. The van der Waals surface area contributed by atoms with E-state index in [-0.39, 0.29) is 0 Å². The van der Waals surface area contributed by atoms with Crippen molar-refractivity contribution in [1.82, 2.24) is 19.7 Å². The van der Waals surface area contributed by atoms with Gasteiger partial charge < -0.3 is 11.1 Å². The first kappa shape index (κ1) is 9.45. The van der Waals surface area contributed by atoms with Crippen molar-refractivity contribution in [1.29, 1.82) is 0 Å². The summed E-state index contributed by atoms with van der Waals surface area (Å²) in [4.78, 5) is 8.13. The summed E-state index contributed by atoms with van der Waals surface area (Å²) in [5.74, 6) is 0.988. The van der Waals surface area contributed by atoms with Gasteiger partial charge in [0.25, 0.3) is 5.95 Å². The number of nitrogen functional groups attached to an aromatic ring is 1. The van der Waals surface area contributed by atoms with E-state index in [1.165, 1.54) is 4.68 Å². The quantitative estimate of drug-likeness (QED) is 0.768. The van der Waals surface area contributed by atoms with Gasteiger partial charge in [0.05, 0.1) is 11.9 Å². The van der Waals surface area contributed by atoms with Gasteiger partial charge in [-0.2, -0.15) is 9.78 Å². The second-order valence-corrected chi connectivity index (χ2v) is 2.93. The molecule has 0 aliphatic heterocycles. The molecule has 0 spiro atoms. The Balaban J connectivity index is 2.38. The standard InChI is InChI=1S/C9H12N6/c1-2-11-7-6-14-15(8(7)10)9-12-4-3-5-13-9/h3-6,11H,2,10H2,1H3. The number of nitrogens with one attached hydrogen (secondary N) is 1. The third-order valence-corrected chi connectivity index (χ3v) is 1.92. The first-order valence-corrected chi connectivity index (χ1v) is 4.67. The van der Waals surface area contributed by atoms with Gasteiger partial charge in [-0.25, -0.2) is 9.97 Å². The Morgan fingerprint density at radius 3 is 2.80 bits per heavy atom. The van der Waals surface area contributed by atoms with Crippen molar-refractivity contribution in [3.63, 3.8) is 0 Å². The molecule has 0 fully saturated rings. The second-order valence-electron chi connectivity index (χ2n) is 2.93. The summed E-state index contributed by atoms with van der Waals surface area (Å²) in [6, 6.07) is 1.74. The second kappa shape index (κ2) is 3.95. The highest BCUT2D eigenvalue weighted by atomic mass is 15.4. The van der Waals surface area contributed by atoms with Gasteiger partial charge in [-0.3, -0.25) is 0 Å². The number of hydrogen-bond acceptors (Lipinski definition) is 5. The molecule has 0 saturated carbocycles. The molecule has 78 valence electrons. The lowest BCUT2D eigenvalue weighted by Crippen LogP contribution is -2.07. The molecule has 0 aromatic carbocycles. The van der Waals surface area contributed by atoms with Crippen molar-refractivity contribution in [3.05, 3.63) is 24.7 Å². The van der Waals surface area contributed by atoms with E-state index in [0.717, 1.165) is 12.2 Å². The highest BCUT2D eigenvalue weighted by Crippen LogP contribution is 2.18. The topological polar surface area (TPSA) is 81.7 Å². The Morgan fingerprint density at radius 2 is 2.13 bits per heavy atom. The minimum atomic E-state index is 0.471. The maximum absolute atomic E-state index is 5.88. The van der Waals surface area contributed by atoms with Crippen LogP contribution in [0.2, 0.25) is 0 Å². The van der Waals surface area contributed by atoms with Crippen LogP contribution in [0.3, 0.4) is 0 Å². The van der Waals surface area contributed by atoms with Crippen molar-refractivity contribution in [2.75, 3.05) is 17.6 Å². The van der Waals surface area contributed by atoms with Gasteiger partial charge >= 0.3 is 0 Å². The van der Waals surface area contributed by atoms with Crippen LogP contribution in [0, 0.1) is 0 Å². The van der Waals surface area contributed by atoms with E-state index < -0.39 is 0 Å². The van der Waals surface area contributed by atoms with E-state index in [9.17, 15) is 0 Å². The molecule has 0 amide bonds. The minimum absolute atomic E-state index is 0.471. The highest BCUT2D eigenvalue weighted by Gasteiger charge is 2.09. The third-order valence-electron chi connectivity index (χ3n) is 1.92. The third kappa shape index (κ3) is 1.74. The molecule has 0 aliphatic rings. The van der Waals surface area contributed by atoms with E-state index in [1.807, 2.05) is 6.92 Å². The molecule has 0 bridgehead atoms. The molecular formula is C9H12N6. The molecule has 6 nitrogen and oxygen atoms in total. The average molecular weight is 204 g/mol. The fourth-order valence-corrected chi connectivity index (χ4v) is 1.24. The molecule has 2 aromatic heterocycles. The lowest BCUT2D eigenvalue weighted by Gasteiger charge is -2.03. The SMILES string of the molecule is CCNc1cnn(-c2ncccn2)c1N. The lowest BCUT2D eigenvalue weighted by molar-refractivity contribution is 0.817. The van der Waals surface area contributed by atoms with Crippen molar-refractivity contribution >= 4 is 11.5 Å². The Kier molecular flexibility index (Phi) is 2.49. The largest absolute Gasteiger partial charge is 0.382 e. The zero-order valence-electron chi connectivity index (χ0n) is 8.38. The minimum Gasteiger partial charge on any atom is -0.382 e. The van der Waals surface area contributed by atoms with Crippen LogP contribution in [0.4, 0.5) is 11.5 Å². The van der Waals surface area contributed by atoms with Crippen molar-refractivity contribution in [2.45, 2.75) is 6.92 Å². The molecule has 6 heteroatoms. The molecule has 0 saturated heterocycles. The number of nitrogens with zero attached hydrogens (tertiary/aromatic N) is 4. The molecular weight excluding hydrogens is 192 g/mol. The maximum atomic E-state index is 5.88. The van der Waals surface area contributed by atoms with Gasteiger partial charge in [0.15, 0.2) is 5.82 Å². The molecule has 0 atom stereocenters. The molecule has 2 rings (SSSR count). The lowest BCUT2D eigenvalue weighted by atomic mass is 10.5. The number of nitrogens with two attached hydrogens (primary N) is 1. The summed E-state index contributed by atoms with van der Waals surface area (Å²) in [6.45, 7) is 2.79. The van der Waals surface area contributed by atoms with Crippen LogP contribution in [0.1, 0.15) is 6.92 Å². The number of aromatic nitrogens is 4. The summed E-state index contributed by atoms with van der Waals surface area (Å²) >= 11 is 0. The molecule has 0 unspecified atom stereocenters. The molecule has 0 aliphatic carbocycles. The molecule has 15 heavy (non-hydrogen) atoms. The fourth-order valence-electron chi connectivity index (χ4n) is 1.24. The summed E-state index contributed by atoms with van der Waals surface area (Å²) in [7, 11) is 0. The van der Waals surface area contributed by atoms with Gasteiger partial charge in [0.1, 0.15) is 0 Å². The molecule has 2 heterocycles. The van der Waals surface area contributed by atoms with Gasteiger partial charge in [0, 0.05) is 18.9 Å². The van der Waals surface area contributed by atoms with Crippen LogP contribution in [0.5, 0.6) is 0 Å². The van der Waals surface area contributed by atoms with E-state index in [4.69, 9.17) is 5.73 Å². The maximum Gasteiger partial charge on any atom is 0.252 e. The number of rotatable bonds is 3. The Bertz CT molecular complexity index is 435. The smallest absolute Gasteiger partial charge is 0.252 e. The predicted octanol–water partition coefficient (Wildman–Crippen LogP) is 0.676. The zero-order chi connectivity index (χ0) is 10.7. The van der Waals surface area contributed by atoms with Crippen LogP contribution in [-0.4, -0.2) is 26.3 Å². The van der Waals surface area contributed by atoms with Crippen molar-refractivity contribution in [3.8, 4) is 5.95 Å². The summed E-state index contributed by atoms with van der Waals surface area (Å²) in [5, 5.41) is 7.21. The van der Waals surface area contributed by atoms with Crippen LogP contribution in [0.15, 0.2) is 24.7 Å².